The molecule has 2 atom stereocenters. The average Bonchev–Trinajstić information content (AvgIpc) is 2.42. The fraction of sp³-hybridized carbons (Fsp3) is 0.462. The second-order valence-electron chi connectivity index (χ2n) is 4.52. The molecule has 1 saturated heterocycles. The van der Waals surface area contributed by atoms with E-state index in [0.29, 0.717) is 18.8 Å². The van der Waals surface area contributed by atoms with Gasteiger partial charge in [-0.3, -0.25) is 4.79 Å². The Morgan fingerprint density at radius 2 is 2.33 bits per heavy atom. The van der Waals surface area contributed by atoms with Gasteiger partial charge in [-0.2, -0.15) is 8.78 Å². The number of hydrogen-bond donors (Lipinski definition) is 2. The van der Waals surface area contributed by atoms with Gasteiger partial charge < -0.3 is 20.1 Å². The molecule has 116 valence electrons. The maximum Gasteiger partial charge on any atom is 0.387 e. The normalized spacial score (nSPS) is 22.1. The summed E-state index contributed by atoms with van der Waals surface area (Å²) in [4.78, 5) is 12.1. The molecule has 2 rings (SSSR count). The lowest BCUT2D eigenvalue weighted by Crippen LogP contribution is -2.53. The predicted octanol–water partition coefficient (Wildman–Crippen LogP) is 2.26. The SMILES string of the molecule is C[C@H]1OCCN[C@@H]1C(=O)Nc1ccc(OC(F)F)c(Cl)c1. The zero-order valence-electron chi connectivity index (χ0n) is 11.2. The number of ether oxygens (including phenoxy) is 2. The van der Waals surface area contributed by atoms with Gasteiger partial charge in [0.15, 0.2) is 0 Å². The van der Waals surface area contributed by atoms with Crippen LogP contribution in [0.5, 0.6) is 5.75 Å². The average molecular weight is 321 g/mol. The number of nitrogens with one attached hydrogen (secondary N) is 2. The van der Waals surface area contributed by atoms with Crippen molar-refractivity contribution in [1.29, 1.82) is 0 Å². The Labute approximate surface area is 125 Å². The summed E-state index contributed by atoms with van der Waals surface area (Å²) in [5.41, 5.74) is 0.395. The molecular formula is C13H15ClF2N2O3. The van der Waals surface area contributed by atoms with E-state index < -0.39 is 12.7 Å². The molecule has 21 heavy (non-hydrogen) atoms. The number of hydrogen-bond acceptors (Lipinski definition) is 4. The molecule has 1 amide bonds. The highest BCUT2D eigenvalue weighted by molar-refractivity contribution is 6.32. The van der Waals surface area contributed by atoms with Crippen LogP contribution in [-0.2, 0) is 9.53 Å². The monoisotopic (exact) mass is 320 g/mol. The summed E-state index contributed by atoms with van der Waals surface area (Å²) in [6, 6.07) is 3.59. The van der Waals surface area contributed by atoms with E-state index in [9.17, 15) is 13.6 Å². The van der Waals surface area contributed by atoms with Crippen molar-refractivity contribution in [2.75, 3.05) is 18.5 Å². The molecule has 0 saturated carbocycles. The lowest BCUT2D eigenvalue weighted by molar-refractivity contribution is -0.123. The molecule has 2 N–H and O–H groups in total. The van der Waals surface area contributed by atoms with Crippen molar-refractivity contribution in [2.45, 2.75) is 25.7 Å². The zero-order valence-corrected chi connectivity index (χ0v) is 12.0. The molecule has 0 bridgehead atoms. The van der Waals surface area contributed by atoms with Crippen LogP contribution in [-0.4, -0.2) is 37.8 Å². The number of benzene rings is 1. The van der Waals surface area contributed by atoms with Gasteiger partial charge in [0.25, 0.3) is 0 Å². The number of alkyl halides is 2. The Morgan fingerprint density at radius 3 is 2.95 bits per heavy atom. The third-order valence-corrected chi connectivity index (χ3v) is 3.31. The molecule has 0 radical (unpaired) electrons. The summed E-state index contributed by atoms with van der Waals surface area (Å²) in [5, 5.41) is 5.70. The van der Waals surface area contributed by atoms with Crippen LogP contribution in [0, 0.1) is 0 Å². The third-order valence-electron chi connectivity index (χ3n) is 3.01. The van der Waals surface area contributed by atoms with Crippen LogP contribution in [0.25, 0.3) is 0 Å². The van der Waals surface area contributed by atoms with Crippen molar-refractivity contribution in [3.05, 3.63) is 23.2 Å². The number of halogens is 3. The van der Waals surface area contributed by atoms with Crippen molar-refractivity contribution >= 4 is 23.2 Å². The van der Waals surface area contributed by atoms with Gasteiger partial charge in [-0.1, -0.05) is 11.6 Å². The van der Waals surface area contributed by atoms with Crippen molar-refractivity contribution in [3.63, 3.8) is 0 Å². The minimum Gasteiger partial charge on any atom is -0.433 e. The Morgan fingerprint density at radius 1 is 1.57 bits per heavy atom. The van der Waals surface area contributed by atoms with Crippen LogP contribution >= 0.6 is 11.6 Å². The van der Waals surface area contributed by atoms with E-state index in [2.05, 4.69) is 15.4 Å². The van der Waals surface area contributed by atoms with Crippen molar-refractivity contribution in [2.24, 2.45) is 0 Å². The molecule has 1 aromatic carbocycles. The maximum absolute atomic E-state index is 12.1. The van der Waals surface area contributed by atoms with Gasteiger partial charge in [0.05, 0.1) is 17.7 Å². The van der Waals surface area contributed by atoms with Gasteiger partial charge in [0.2, 0.25) is 5.91 Å². The smallest absolute Gasteiger partial charge is 0.387 e. The highest BCUT2D eigenvalue weighted by Gasteiger charge is 2.28. The Balaban J connectivity index is 2.02. The quantitative estimate of drug-likeness (QED) is 0.893. The number of morpholine rings is 1. The van der Waals surface area contributed by atoms with Crippen molar-refractivity contribution in [3.8, 4) is 5.75 Å². The summed E-state index contributed by atoms with van der Waals surface area (Å²) in [7, 11) is 0. The van der Waals surface area contributed by atoms with Crippen LogP contribution in [0.15, 0.2) is 18.2 Å². The minimum atomic E-state index is -2.95. The number of carbonyl (C=O) groups is 1. The van der Waals surface area contributed by atoms with Gasteiger partial charge in [-0.05, 0) is 25.1 Å². The fourth-order valence-electron chi connectivity index (χ4n) is 2.02. The van der Waals surface area contributed by atoms with Crippen LogP contribution in [0.2, 0.25) is 5.02 Å². The summed E-state index contributed by atoms with van der Waals surface area (Å²) < 4.78 is 33.9. The first kappa shape index (κ1) is 15.9. The molecule has 1 aliphatic rings. The Kier molecular flexibility index (Phi) is 5.33. The van der Waals surface area contributed by atoms with Crippen LogP contribution in [0.1, 0.15) is 6.92 Å². The minimum absolute atomic E-state index is 0.00555. The summed E-state index contributed by atoms with van der Waals surface area (Å²) >= 11 is 5.82. The first-order valence-corrected chi connectivity index (χ1v) is 6.75. The molecule has 0 aliphatic carbocycles. The fourth-order valence-corrected chi connectivity index (χ4v) is 2.24. The van der Waals surface area contributed by atoms with E-state index in [1.165, 1.54) is 18.2 Å². The van der Waals surface area contributed by atoms with Gasteiger partial charge in [0, 0.05) is 12.2 Å². The largest absolute Gasteiger partial charge is 0.433 e. The highest BCUT2D eigenvalue weighted by Crippen LogP contribution is 2.29. The first-order valence-electron chi connectivity index (χ1n) is 6.37. The Bertz CT molecular complexity index is 516. The lowest BCUT2D eigenvalue weighted by Gasteiger charge is -2.29. The third kappa shape index (κ3) is 4.26. The molecule has 5 nitrogen and oxygen atoms in total. The lowest BCUT2D eigenvalue weighted by atomic mass is 10.1. The van der Waals surface area contributed by atoms with Crippen LogP contribution in [0.4, 0.5) is 14.5 Å². The first-order chi connectivity index (χ1) is 9.97. The number of rotatable bonds is 4. The van der Waals surface area contributed by atoms with Gasteiger partial charge in [-0.15, -0.1) is 0 Å². The van der Waals surface area contributed by atoms with E-state index >= 15 is 0 Å². The van der Waals surface area contributed by atoms with Crippen LogP contribution in [0.3, 0.4) is 0 Å². The summed E-state index contributed by atoms with van der Waals surface area (Å²) in [6.07, 6.45) is -0.254. The molecule has 0 unspecified atom stereocenters. The second kappa shape index (κ2) is 7.02. The molecule has 0 spiro atoms. The summed E-state index contributed by atoms with van der Waals surface area (Å²) in [5.74, 6) is -0.419. The molecule has 1 aromatic rings. The molecule has 8 heteroatoms. The topological polar surface area (TPSA) is 59.6 Å². The predicted molar refractivity (Wildman–Crippen MR) is 73.9 cm³/mol. The number of anilines is 1. The van der Waals surface area contributed by atoms with Crippen molar-refractivity contribution in [1.82, 2.24) is 5.32 Å². The van der Waals surface area contributed by atoms with Gasteiger partial charge in [0.1, 0.15) is 11.8 Å². The van der Waals surface area contributed by atoms with E-state index in [4.69, 9.17) is 16.3 Å². The van der Waals surface area contributed by atoms with Gasteiger partial charge >= 0.3 is 6.61 Å². The Hall–Kier alpha value is -1.44. The zero-order chi connectivity index (χ0) is 15.4. The van der Waals surface area contributed by atoms with Crippen LogP contribution < -0.4 is 15.4 Å². The van der Waals surface area contributed by atoms with E-state index in [-0.39, 0.29) is 22.8 Å². The molecule has 1 heterocycles. The molecule has 0 aromatic heterocycles. The van der Waals surface area contributed by atoms with E-state index in [1.54, 1.807) is 6.92 Å². The number of carbonyl (C=O) groups excluding carboxylic acids is 1. The standard InChI is InChI=1S/C13H15ClF2N2O3/c1-7-11(17-4-5-20-7)12(19)18-8-2-3-10(9(14)6-8)21-13(15)16/h2-3,6-7,11,13,17H,4-5H2,1H3,(H,18,19)/t7-,11+/m1/s1. The molecule has 1 aliphatic heterocycles. The maximum atomic E-state index is 12.1. The highest BCUT2D eigenvalue weighted by atomic mass is 35.5. The van der Waals surface area contributed by atoms with E-state index in [0.717, 1.165) is 0 Å². The van der Waals surface area contributed by atoms with Crippen molar-refractivity contribution < 1.29 is 23.0 Å². The van der Waals surface area contributed by atoms with E-state index in [1.807, 2.05) is 0 Å². The molecular weight excluding hydrogens is 306 g/mol. The second-order valence-corrected chi connectivity index (χ2v) is 4.93. The molecule has 1 fully saturated rings. The van der Waals surface area contributed by atoms with Gasteiger partial charge in [-0.25, -0.2) is 0 Å². The number of amides is 1. The summed E-state index contributed by atoms with van der Waals surface area (Å²) in [6.45, 7) is -0.0172.